The van der Waals surface area contributed by atoms with Crippen LogP contribution in [0.2, 0.25) is 0 Å². The second kappa shape index (κ2) is 5.35. The van der Waals surface area contributed by atoms with Crippen molar-refractivity contribution in [3.63, 3.8) is 0 Å². The summed E-state index contributed by atoms with van der Waals surface area (Å²) in [5.74, 6) is -2.01. The monoisotopic (exact) mass is 275 g/mol. The maximum absolute atomic E-state index is 14.0. The fraction of sp³-hybridized carbons (Fsp3) is 0.846. The Hall–Kier alpha value is -1.33. The smallest absolute Gasteiger partial charge is 0.410 e. The number of halogens is 1. The quantitative estimate of drug-likeness (QED) is 0.840. The first-order chi connectivity index (χ1) is 8.54. The fourth-order valence-electron chi connectivity index (χ4n) is 2.11. The van der Waals surface area contributed by atoms with Crippen LogP contribution in [0.3, 0.4) is 0 Å². The van der Waals surface area contributed by atoms with Crippen LogP contribution < -0.4 is 0 Å². The van der Waals surface area contributed by atoms with Crippen LogP contribution in [0.1, 0.15) is 40.5 Å². The molecule has 0 saturated carbocycles. The predicted octanol–water partition coefficient (Wildman–Crippen LogP) is 2.45. The number of likely N-dealkylation sites (tertiary alicyclic amines) is 1. The lowest BCUT2D eigenvalue weighted by Crippen LogP contribution is -2.48. The molecule has 1 fully saturated rings. The molecule has 0 aromatic carbocycles. The number of ether oxygens (including phenoxy) is 1. The number of piperidine rings is 1. The standard InChI is InChI=1S/C13H22FNO4/c1-12(2,3)19-11(18)15-7-5-9(6-8-15)13(4,14)10(16)17/h9H,5-8H2,1-4H3,(H,16,17). The van der Waals surface area contributed by atoms with Gasteiger partial charge in [-0.2, -0.15) is 0 Å². The Labute approximate surface area is 112 Å². The summed E-state index contributed by atoms with van der Waals surface area (Å²) in [5, 5.41) is 8.84. The highest BCUT2D eigenvalue weighted by molar-refractivity contribution is 5.77. The van der Waals surface area contributed by atoms with Crippen LogP contribution in [0.25, 0.3) is 0 Å². The van der Waals surface area contributed by atoms with Gasteiger partial charge in [0.05, 0.1) is 0 Å². The number of carboxylic acid groups (broad SMARTS) is 1. The molecule has 6 heteroatoms. The van der Waals surface area contributed by atoms with E-state index in [-0.39, 0.29) is 0 Å². The number of nitrogens with zero attached hydrogens (tertiary/aromatic N) is 1. The summed E-state index contributed by atoms with van der Waals surface area (Å²) in [5.41, 5.74) is -2.80. The molecule has 0 aliphatic carbocycles. The average Bonchev–Trinajstić information content (AvgIpc) is 2.26. The second-order valence-electron chi connectivity index (χ2n) is 6.12. The topological polar surface area (TPSA) is 66.8 Å². The lowest BCUT2D eigenvalue weighted by molar-refractivity contribution is -0.154. The summed E-state index contributed by atoms with van der Waals surface area (Å²) in [6, 6.07) is 0. The third kappa shape index (κ3) is 4.08. The van der Waals surface area contributed by atoms with Crippen LogP contribution in [0, 0.1) is 5.92 Å². The number of aliphatic carboxylic acids is 1. The summed E-state index contributed by atoms with van der Waals surface area (Å²) < 4.78 is 19.2. The maximum atomic E-state index is 14.0. The number of alkyl halides is 1. The van der Waals surface area contributed by atoms with E-state index in [1.807, 2.05) is 0 Å². The van der Waals surface area contributed by atoms with Gasteiger partial charge in [0.15, 0.2) is 0 Å². The molecule has 110 valence electrons. The van der Waals surface area contributed by atoms with Crippen molar-refractivity contribution in [3.05, 3.63) is 0 Å². The summed E-state index contributed by atoms with van der Waals surface area (Å²) in [7, 11) is 0. The van der Waals surface area contributed by atoms with E-state index in [0.29, 0.717) is 25.9 Å². The normalized spacial score (nSPS) is 20.8. The van der Waals surface area contributed by atoms with Crippen molar-refractivity contribution in [3.8, 4) is 0 Å². The predicted molar refractivity (Wildman–Crippen MR) is 67.7 cm³/mol. The third-order valence-electron chi connectivity index (χ3n) is 3.33. The van der Waals surface area contributed by atoms with Crippen LogP contribution in [-0.2, 0) is 9.53 Å². The SMILES string of the molecule is CC(C)(C)OC(=O)N1CCC(C(C)(F)C(=O)O)CC1. The van der Waals surface area contributed by atoms with Crippen LogP contribution in [0.5, 0.6) is 0 Å². The molecule has 1 N–H and O–H groups in total. The molecule has 1 unspecified atom stereocenters. The van der Waals surface area contributed by atoms with Crippen molar-refractivity contribution in [2.24, 2.45) is 5.92 Å². The fourth-order valence-corrected chi connectivity index (χ4v) is 2.11. The molecule has 0 aromatic heterocycles. The number of carbonyl (C=O) groups is 2. The van der Waals surface area contributed by atoms with Gasteiger partial charge in [-0.05, 0) is 40.5 Å². The van der Waals surface area contributed by atoms with Gasteiger partial charge in [0.25, 0.3) is 0 Å². The summed E-state index contributed by atoms with van der Waals surface area (Å²) in [6.45, 7) is 7.07. The van der Waals surface area contributed by atoms with Gasteiger partial charge in [0.2, 0.25) is 5.67 Å². The minimum absolute atomic E-state index is 0.326. The molecule has 0 radical (unpaired) electrons. The molecule has 1 rings (SSSR count). The van der Waals surface area contributed by atoms with Crippen molar-refractivity contribution in [1.29, 1.82) is 0 Å². The molecular weight excluding hydrogens is 253 g/mol. The molecule has 1 atom stereocenters. The highest BCUT2D eigenvalue weighted by atomic mass is 19.1. The molecule has 5 nitrogen and oxygen atoms in total. The average molecular weight is 275 g/mol. The van der Waals surface area contributed by atoms with E-state index in [0.717, 1.165) is 6.92 Å². The highest BCUT2D eigenvalue weighted by Gasteiger charge is 2.43. The van der Waals surface area contributed by atoms with Gasteiger partial charge in [-0.15, -0.1) is 0 Å². The van der Waals surface area contributed by atoms with E-state index in [1.54, 1.807) is 20.8 Å². The summed E-state index contributed by atoms with van der Waals surface area (Å²) in [6.07, 6.45) is 0.235. The first kappa shape index (κ1) is 15.7. The zero-order valence-corrected chi connectivity index (χ0v) is 11.9. The summed E-state index contributed by atoms with van der Waals surface area (Å²) >= 11 is 0. The molecule has 1 saturated heterocycles. The Bertz CT molecular complexity index is 354. The molecule has 0 aromatic rings. The van der Waals surface area contributed by atoms with Crippen LogP contribution in [-0.4, -0.2) is 46.4 Å². The Morgan fingerprint density at radius 3 is 2.05 bits per heavy atom. The third-order valence-corrected chi connectivity index (χ3v) is 3.33. The number of carbonyl (C=O) groups excluding carboxylic acids is 1. The molecule has 1 aliphatic rings. The first-order valence-electron chi connectivity index (χ1n) is 6.44. The van der Waals surface area contributed by atoms with Gasteiger partial charge in [-0.25, -0.2) is 14.0 Å². The van der Waals surface area contributed by atoms with Crippen molar-refractivity contribution in [1.82, 2.24) is 4.90 Å². The second-order valence-corrected chi connectivity index (χ2v) is 6.12. The molecule has 1 amide bonds. The number of hydrogen-bond donors (Lipinski definition) is 1. The van der Waals surface area contributed by atoms with Gasteiger partial charge in [-0.1, -0.05) is 0 Å². The van der Waals surface area contributed by atoms with Crippen molar-refractivity contribution in [2.45, 2.75) is 51.8 Å². The highest BCUT2D eigenvalue weighted by Crippen LogP contribution is 2.32. The molecule has 1 aliphatic heterocycles. The van der Waals surface area contributed by atoms with E-state index in [9.17, 15) is 14.0 Å². The molecule has 0 spiro atoms. The van der Waals surface area contributed by atoms with Crippen molar-refractivity contribution < 1.29 is 23.8 Å². The number of hydrogen-bond acceptors (Lipinski definition) is 3. The summed E-state index contributed by atoms with van der Waals surface area (Å²) in [4.78, 5) is 24.1. The van der Waals surface area contributed by atoms with E-state index in [1.165, 1.54) is 4.90 Å². The van der Waals surface area contributed by atoms with Crippen LogP contribution >= 0.6 is 0 Å². The maximum Gasteiger partial charge on any atom is 0.410 e. The minimum Gasteiger partial charge on any atom is -0.479 e. The minimum atomic E-state index is -2.24. The van der Waals surface area contributed by atoms with E-state index in [4.69, 9.17) is 9.84 Å². The zero-order chi connectivity index (χ0) is 14.8. The zero-order valence-electron chi connectivity index (χ0n) is 11.9. The van der Waals surface area contributed by atoms with E-state index < -0.39 is 29.3 Å². The van der Waals surface area contributed by atoms with E-state index >= 15 is 0 Å². The Morgan fingerprint density at radius 2 is 1.68 bits per heavy atom. The number of amides is 1. The molecular formula is C13H22FNO4. The number of carboxylic acids is 1. The van der Waals surface area contributed by atoms with Crippen LogP contribution in [0.4, 0.5) is 9.18 Å². The molecule has 19 heavy (non-hydrogen) atoms. The van der Waals surface area contributed by atoms with Gasteiger partial charge < -0.3 is 14.7 Å². The largest absolute Gasteiger partial charge is 0.479 e. The first-order valence-corrected chi connectivity index (χ1v) is 6.44. The van der Waals surface area contributed by atoms with Gasteiger partial charge in [0.1, 0.15) is 5.60 Å². The van der Waals surface area contributed by atoms with Gasteiger partial charge in [0, 0.05) is 19.0 Å². The van der Waals surface area contributed by atoms with E-state index in [2.05, 4.69) is 0 Å². The van der Waals surface area contributed by atoms with Gasteiger partial charge in [-0.3, -0.25) is 0 Å². The van der Waals surface area contributed by atoms with Gasteiger partial charge >= 0.3 is 12.1 Å². The van der Waals surface area contributed by atoms with Crippen molar-refractivity contribution in [2.75, 3.05) is 13.1 Å². The lowest BCUT2D eigenvalue weighted by Gasteiger charge is -2.36. The van der Waals surface area contributed by atoms with Crippen molar-refractivity contribution >= 4 is 12.1 Å². The number of rotatable bonds is 2. The Kier molecular flexibility index (Phi) is 4.43. The Morgan fingerprint density at radius 1 is 1.21 bits per heavy atom. The lowest BCUT2D eigenvalue weighted by atomic mass is 9.83. The van der Waals surface area contributed by atoms with Crippen LogP contribution in [0.15, 0.2) is 0 Å². The molecule has 0 bridgehead atoms. The molecule has 1 heterocycles. The Balaban J connectivity index is 2.54.